The quantitative estimate of drug-likeness (QED) is 0.675. The molecule has 0 aliphatic carbocycles. The van der Waals surface area contributed by atoms with E-state index in [0.717, 1.165) is 11.3 Å². The van der Waals surface area contributed by atoms with Crippen LogP contribution in [0.1, 0.15) is 5.56 Å². The van der Waals surface area contributed by atoms with Crippen molar-refractivity contribution in [2.24, 2.45) is 0 Å². The SMILES string of the molecule is COc1ccc(N)c(OCc2ccc(I)cc2)c1. The normalized spacial score (nSPS) is 10.1. The van der Waals surface area contributed by atoms with Gasteiger partial charge >= 0.3 is 0 Å². The Labute approximate surface area is 120 Å². The van der Waals surface area contributed by atoms with Crippen LogP contribution in [0.4, 0.5) is 5.69 Å². The topological polar surface area (TPSA) is 44.5 Å². The van der Waals surface area contributed by atoms with E-state index in [1.165, 1.54) is 3.57 Å². The van der Waals surface area contributed by atoms with Gasteiger partial charge in [0.15, 0.2) is 0 Å². The average Bonchev–Trinajstić information content (AvgIpc) is 2.40. The van der Waals surface area contributed by atoms with Crippen LogP contribution >= 0.6 is 22.6 Å². The number of ether oxygens (including phenoxy) is 2. The molecule has 0 aliphatic rings. The molecule has 0 atom stereocenters. The van der Waals surface area contributed by atoms with Gasteiger partial charge in [-0.2, -0.15) is 0 Å². The first-order chi connectivity index (χ1) is 8.69. The molecule has 2 aromatic carbocycles. The summed E-state index contributed by atoms with van der Waals surface area (Å²) < 4.78 is 12.0. The molecule has 0 saturated carbocycles. The maximum atomic E-state index is 5.85. The molecule has 4 heteroatoms. The number of benzene rings is 2. The van der Waals surface area contributed by atoms with E-state index in [0.29, 0.717) is 18.0 Å². The molecule has 3 nitrogen and oxygen atoms in total. The number of halogens is 1. The molecule has 0 unspecified atom stereocenters. The van der Waals surface area contributed by atoms with E-state index in [1.807, 2.05) is 30.3 Å². The molecule has 0 radical (unpaired) electrons. The third-order valence-corrected chi connectivity index (χ3v) is 3.25. The highest BCUT2D eigenvalue weighted by atomic mass is 127. The van der Waals surface area contributed by atoms with Crippen LogP contribution in [0.3, 0.4) is 0 Å². The maximum absolute atomic E-state index is 5.85. The minimum atomic E-state index is 0.494. The second-order valence-electron chi connectivity index (χ2n) is 3.82. The third kappa shape index (κ3) is 3.29. The van der Waals surface area contributed by atoms with E-state index in [-0.39, 0.29) is 0 Å². The Kier molecular flexibility index (Phi) is 4.30. The zero-order chi connectivity index (χ0) is 13.0. The van der Waals surface area contributed by atoms with Crippen molar-refractivity contribution in [3.8, 4) is 11.5 Å². The molecule has 0 aromatic heterocycles. The summed E-state index contributed by atoms with van der Waals surface area (Å²) in [6.45, 7) is 0.494. The van der Waals surface area contributed by atoms with Gasteiger partial charge in [-0.15, -0.1) is 0 Å². The van der Waals surface area contributed by atoms with Gasteiger partial charge in [-0.3, -0.25) is 0 Å². The van der Waals surface area contributed by atoms with E-state index >= 15 is 0 Å². The number of methoxy groups -OCH3 is 1. The van der Waals surface area contributed by atoms with E-state index in [2.05, 4.69) is 22.6 Å². The first-order valence-corrected chi connectivity index (χ1v) is 6.57. The van der Waals surface area contributed by atoms with Crippen LogP contribution in [0, 0.1) is 3.57 Å². The average molecular weight is 355 g/mol. The van der Waals surface area contributed by atoms with Gasteiger partial charge in [0.1, 0.15) is 18.1 Å². The Morgan fingerprint density at radius 3 is 2.50 bits per heavy atom. The van der Waals surface area contributed by atoms with Gasteiger partial charge in [0.2, 0.25) is 0 Å². The molecule has 2 aromatic rings. The highest BCUT2D eigenvalue weighted by Gasteiger charge is 2.03. The van der Waals surface area contributed by atoms with E-state index in [4.69, 9.17) is 15.2 Å². The molecule has 0 aliphatic heterocycles. The first kappa shape index (κ1) is 13.0. The van der Waals surface area contributed by atoms with Crippen molar-refractivity contribution < 1.29 is 9.47 Å². The highest BCUT2D eigenvalue weighted by molar-refractivity contribution is 14.1. The Bertz CT molecular complexity index is 526. The largest absolute Gasteiger partial charge is 0.497 e. The minimum absolute atomic E-state index is 0.494. The van der Waals surface area contributed by atoms with E-state index in [1.54, 1.807) is 19.2 Å². The van der Waals surface area contributed by atoms with Crippen LogP contribution in [0.5, 0.6) is 11.5 Å². The van der Waals surface area contributed by atoms with Crippen molar-refractivity contribution >= 4 is 28.3 Å². The minimum Gasteiger partial charge on any atom is -0.497 e. The lowest BCUT2D eigenvalue weighted by atomic mass is 10.2. The summed E-state index contributed by atoms with van der Waals surface area (Å²) in [4.78, 5) is 0. The van der Waals surface area contributed by atoms with Crippen LogP contribution in [0.15, 0.2) is 42.5 Å². The number of anilines is 1. The fourth-order valence-electron chi connectivity index (χ4n) is 1.51. The predicted molar refractivity (Wildman–Crippen MR) is 80.9 cm³/mol. The van der Waals surface area contributed by atoms with Crippen molar-refractivity contribution in [2.45, 2.75) is 6.61 Å². The molecule has 94 valence electrons. The summed E-state index contributed by atoms with van der Waals surface area (Å²) in [6, 6.07) is 13.6. The number of rotatable bonds is 4. The van der Waals surface area contributed by atoms with E-state index in [9.17, 15) is 0 Å². The van der Waals surface area contributed by atoms with Gasteiger partial charge in [0.25, 0.3) is 0 Å². The first-order valence-electron chi connectivity index (χ1n) is 5.50. The molecule has 18 heavy (non-hydrogen) atoms. The molecule has 0 saturated heterocycles. The summed E-state index contributed by atoms with van der Waals surface area (Å²) in [5, 5.41) is 0. The van der Waals surface area contributed by atoms with Crippen LogP contribution in [0.25, 0.3) is 0 Å². The van der Waals surface area contributed by atoms with Crippen molar-refractivity contribution in [3.63, 3.8) is 0 Å². The van der Waals surface area contributed by atoms with Crippen molar-refractivity contribution in [1.29, 1.82) is 0 Å². The Morgan fingerprint density at radius 2 is 1.83 bits per heavy atom. The Balaban J connectivity index is 2.07. The van der Waals surface area contributed by atoms with E-state index < -0.39 is 0 Å². The van der Waals surface area contributed by atoms with Gasteiger partial charge in [-0.25, -0.2) is 0 Å². The summed E-state index contributed by atoms with van der Waals surface area (Å²) in [5.41, 5.74) is 7.57. The van der Waals surface area contributed by atoms with Crippen molar-refractivity contribution in [1.82, 2.24) is 0 Å². The van der Waals surface area contributed by atoms with Gasteiger partial charge in [0.05, 0.1) is 12.8 Å². The molecule has 2 N–H and O–H groups in total. The smallest absolute Gasteiger partial charge is 0.146 e. The number of nitrogen functional groups attached to an aromatic ring is 1. The molecular formula is C14H14INO2. The molecule has 0 bridgehead atoms. The Morgan fingerprint density at radius 1 is 1.11 bits per heavy atom. The van der Waals surface area contributed by atoms with Crippen LogP contribution < -0.4 is 15.2 Å². The van der Waals surface area contributed by atoms with Crippen molar-refractivity contribution in [3.05, 3.63) is 51.6 Å². The molecule has 0 amide bonds. The fourth-order valence-corrected chi connectivity index (χ4v) is 1.87. The molecule has 0 heterocycles. The van der Waals surface area contributed by atoms with Gasteiger partial charge in [-0.1, -0.05) is 12.1 Å². The standard InChI is InChI=1S/C14H14INO2/c1-17-12-6-7-13(16)14(8-12)18-9-10-2-4-11(15)5-3-10/h2-8H,9,16H2,1H3. The lowest BCUT2D eigenvalue weighted by molar-refractivity contribution is 0.305. The molecule has 0 fully saturated rings. The number of nitrogens with two attached hydrogens (primary N) is 1. The number of hydrogen-bond acceptors (Lipinski definition) is 3. The van der Waals surface area contributed by atoms with Crippen LogP contribution in [0.2, 0.25) is 0 Å². The maximum Gasteiger partial charge on any atom is 0.146 e. The summed E-state index contributed by atoms with van der Waals surface area (Å²) in [6.07, 6.45) is 0. The second kappa shape index (κ2) is 5.95. The predicted octanol–water partition coefficient (Wildman–Crippen LogP) is 3.46. The number of hydrogen-bond donors (Lipinski definition) is 1. The van der Waals surface area contributed by atoms with Gasteiger partial charge < -0.3 is 15.2 Å². The third-order valence-electron chi connectivity index (χ3n) is 2.53. The van der Waals surface area contributed by atoms with Gasteiger partial charge in [-0.05, 0) is 52.4 Å². The molecule has 2 rings (SSSR count). The fraction of sp³-hybridized carbons (Fsp3) is 0.143. The molecule has 0 spiro atoms. The van der Waals surface area contributed by atoms with Gasteiger partial charge in [0, 0.05) is 9.64 Å². The van der Waals surface area contributed by atoms with Crippen LogP contribution in [-0.4, -0.2) is 7.11 Å². The zero-order valence-corrected chi connectivity index (χ0v) is 12.2. The summed E-state index contributed by atoms with van der Waals surface area (Å²) >= 11 is 2.27. The lowest BCUT2D eigenvalue weighted by Gasteiger charge is -2.10. The molecular weight excluding hydrogens is 341 g/mol. The summed E-state index contributed by atoms with van der Waals surface area (Å²) in [5.74, 6) is 1.38. The second-order valence-corrected chi connectivity index (χ2v) is 5.06. The Hall–Kier alpha value is -1.43. The monoisotopic (exact) mass is 355 g/mol. The lowest BCUT2D eigenvalue weighted by Crippen LogP contribution is -1.99. The van der Waals surface area contributed by atoms with Crippen LogP contribution in [-0.2, 0) is 6.61 Å². The van der Waals surface area contributed by atoms with Crippen molar-refractivity contribution in [2.75, 3.05) is 12.8 Å². The summed E-state index contributed by atoms with van der Waals surface area (Å²) in [7, 11) is 1.62. The highest BCUT2D eigenvalue weighted by Crippen LogP contribution is 2.27. The zero-order valence-electron chi connectivity index (χ0n) is 10.0.